The SMILES string of the molecule is COc1ccccc1N1CCN(/C=C(/C#N)C(=O)Nc2ccc(C)cc2C)CC1. The summed E-state index contributed by atoms with van der Waals surface area (Å²) in [4.78, 5) is 16.8. The number of ether oxygens (including phenoxy) is 1. The van der Waals surface area contributed by atoms with Gasteiger partial charge in [0.1, 0.15) is 17.4 Å². The van der Waals surface area contributed by atoms with Crippen molar-refractivity contribution in [3.63, 3.8) is 0 Å². The number of nitrogens with zero attached hydrogens (tertiary/aromatic N) is 3. The van der Waals surface area contributed by atoms with Crippen LogP contribution in [0.4, 0.5) is 11.4 Å². The lowest BCUT2D eigenvalue weighted by molar-refractivity contribution is -0.112. The molecule has 29 heavy (non-hydrogen) atoms. The van der Waals surface area contributed by atoms with Crippen molar-refractivity contribution in [3.05, 3.63) is 65.4 Å². The Labute approximate surface area is 172 Å². The zero-order valence-corrected chi connectivity index (χ0v) is 17.1. The third-order valence-corrected chi connectivity index (χ3v) is 5.05. The van der Waals surface area contributed by atoms with E-state index in [1.807, 2.05) is 67.3 Å². The van der Waals surface area contributed by atoms with E-state index < -0.39 is 0 Å². The Kier molecular flexibility index (Phi) is 6.40. The number of para-hydroxylation sites is 2. The maximum atomic E-state index is 12.6. The van der Waals surface area contributed by atoms with Gasteiger partial charge in [0.15, 0.2) is 0 Å². The molecule has 150 valence electrons. The van der Waals surface area contributed by atoms with Crippen molar-refractivity contribution in [2.45, 2.75) is 13.8 Å². The highest BCUT2D eigenvalue weighted by molar-refractivity contribution is 6.06. The first-order valence-corrected chi connectivity index (χ1v) is 9.64. The van der Waals surface area contributed by atoms with Crippen molar-refractivity contribution < 1.29 is 9.53 Å². The molecule has 3 rings (SSSR count). The standard InChI is InChI=1S/C23H26N4O2/c1-17-8-9-20(18(2)14-17)25-23(28)19(15-24)16-26-10-12-27(13-11-26)21-6-4-5-7-22(21)29-3/h4-9,14,16H,10-13H2,1-3H3,(H,25,28)/b19-16-. The first-order valence-electron chi connectivity index (χ1n) is 9.64. The lowest BCUT2D eigenvalue weighted by Crippen LogP contribution is -2.44. The van der Waals surface area contributed by atoms with Crippen molar-refractivity contribution in [2.24, 2.45) is 0 Å². The van der Waals surface area contributed by atoms with Gasteiger partial charge in [-0.2, -0.15) is 5.26 Å². The fourth-order valence-corrected chi connectivity index (χ4v) is 3.45. The molecule has 2 aromatic carbocycles. The number of amides is 1. The van der Waals surface area contributed by atoms with E-state index in [-0.39, 0.29) is 11.5 Å². The summed E-state index contributed by atoms with van der Waals surface area (Å²) in [5.41, 5.74) is 4.00. The maximum Gasteiger partial charge on any atom is 0.267 e. The van der Waals surface area contributed by atoms with Crippen LogP contribution in [0.15, 0.2) is 54.2 Å². The third-order valence-electron chi connectivity index (χ3n) is 5.05. The molecule has 0 spiro atoms. The van der Waals surface area contributed by atoms with Crippen LogP contribution in [0, 0.1) is 25.2 Å². The number of carbonyl (C=O) groups is 1. The molecule has 1 fully saturated rings. The molecule has 2 aromatic rings. The minimum absolute atomic E-state index is 0.107. The normalized spacial score (nSPS) is 14.3. The van der Waals surface area contributed by atoms with Gasteiger partial charge in [0.2, 0.25) is 0 Å². The summed E-state index contributed by atoms with van der Waals surface area (Å²) in [6.07, 6.45) is 1.67. The summed E-state index contributed by atoms with van der Waals surface area (Å²) in [5.74, 6) is 0.466. The second-order valence-corrected chi connectivity index (χ2v) is 7.12. The second kappa shape index (κ2) is 9.16. The van der Waals surface area contributed by atoms with Gasteiger partial charge in [-0.1, -0.05) is 29.8 Å². The van der Waals surface area contributed by atoms with Gasteiger partial charge >= 0.3 is 0 Å². The zero-order chi connectivity index (χ0) is 20.8. The summed E-state index contributed by atoms with van der Waals surface area (Å²) in [6, 6.07) is 15.8. The Morgan fingerprint density at radius 3 is 2.52 bits per heavy atom. The zero-order valence-electron chi connectivity index (χ0n) is 17.1. The van der Waals surface area contributed by atoms with Crippen LogP contribution in [0.5, 0.6) is 5.75 Å². The minimum atomic E-state index is -0.383. The molecule has 0 radical (unpaired) electrons. The molecular weight excluding hydrogens is 364 g/mol. The molecule has 1 aliphatic rings. The molecule has 6 nitrogen and oxygen atoms in total. The first kappa shape index (κ1) is 20.3. The van der Waals surface area contributed by atoms with E-state index in [2.05, 4.69) is 10.2 Å². The van der Waals surface area contributed by atoms with Crippen molar-refractivity contribution >= 4 is 17.3 Å². The second-order valence-electron chi connectivity index (χ2n) is 7.12. The van der Waals surface area contributed by atoms with Gasteiger partial charge in [0.05, 0.1) is 12.8 Å². The molecule has 0 bridgehead atoms. The van der Waals surface area contributed by atoms with E-state index in [9.17, 15) is 10.1 Å². The number of nitriles is 1. The van der Waals surface area contributed by atoms with Crippen molar-refractivity contribution in [2.75, 3.05) is 43.5 Å². The smallest absolute Gasteiger partial charge is 0.267 e. The van der Waals surface area contributed by atoms with Crippen LogP contribution in [0.2, 0.25) is 0 Å². The molecule has 0 aromatic heterocycles. The summed E-state index contributed by atoms with van der Waals surface area (Å²) in [5, 5.41) is 12.3. The third kappa shape index (κ3) is 4.88. The molecule has 1 heterocycles. The highest BCUT2D eigenvalue weighted by Crippen LogP contribution is 2.28. The monoisotopic (exact) mass is 390 g/mol. The molecule has 1 N–H and O–H groups in total. The van der Waals surface area contributed by atoms with Crippen LogP contribution in [-0.4, -0.2) is 44.1 Å². The van der Waals surface area contributed by atoms with Crippen molar-refractivity contribution in [1.29, 1.82) is 5.26 Å². The Bertz CT molecular complexity index is 954. The Hall–Kier alpha value is -3.46. The molecular formula is C23H26N4O2. The van der Waals surface area contributed by atoms with Crippen LogP contribution < -0.4 is 15.0 Å². The van der Waals surface area contributed by atoms with Gasteiger partial charge < -0.3 is 19.9 Å². The summed E-state index contributed by atoms with van der Waals surface area (Å²) < 4.78 is 5.45. The van der Waals surface area contributed by atoms with Crippen LogP contribution in [0.25, 0.3) is 0 Å². The molecule has 0 saturated carbocycles. The fourth-order valence-electron chi connectivity index (χ4n) is 3.45. The van der Waals surface area contributed by atoms with Crippen LogP contribution in [0.1, 0.15) is 11.1 Å². The van der Waals surface area contributed by atoms with Gasteiger partial charge in [-0.25, -0.2) is 0 Å². The number of anilines is 2. The van der Waals surface area contributed by atoms with Crippen molar-refractivity contribution in [3.8, 4) is 11.8 Å². The number of hydrogen-bond acceptors (Lipinski definition) is 5. The molecule has 1 aliphatic heterocycles. The minimum Gasteiger partial charge on any atom is -0.495 e. The van der Waals surface area contributed by atoms with E-state index in [0.717, 1.165) is 54.4 Å². The van der Waals surface area contributed by atoms with Crippen molar-refractivity contribution in [1.82, 2.24) is 4.90 Å². The number of methoxy groups -OCH3 is 1. The largest absolute Gasteiger partial charge is 0.495 e. The quantitative estimate of drug-likeness (QED) is 0.625. The van der Waals surface area contributed by atoms with Gasteiger partial charge in [0, 0.05) is 38.1 Å². The average Bonchev–Trinajstić information content (AvgIpc) is 2.74. The average molecular weight is 390 g/mol. The summed E-state index contributed by atoms with van der Waals surface area (Å²) >= 11 is 0. The number of benzene rings is 2. The lowest BCUT2D eigenvalue weighted by Gasteiger charge is -2.36. The number of rotatable bonds is 5. The van der Waals surface area contributed by atoms with Gasteiger partial charge in [0.25, 0.3) is 5.91 Å². The van der Waals surface area contributed by atoms with Gasteiger partial charge in [-0.15, -0.1) is 0 Å². The highest BCUT2D eigenvalue weighted by Gasteiger charge is 2.20. The topological polar surface area (TPSA) is 68.6 Å². The highest BCUT2D eigenvalue weighted by atomic mass is 16.5. The molecule has 0 aliphatic carbocycles. The molecule has 1 amide bonds. The van der Waals surface area contributed by atoms with Crippen LogP contribution in [0.3, 0.4) is 0 Å². The Morgan fingerprint density at radius 1 is 1.14 bits per heavy atom. The number of piperazine rings is 1. The number of carbonyl (C=O) groups excluding carboxylic acids is 1. The number of nitrogens with one attached hydrogen (secondary N) is 1. The molecule has 0 atom stereocenters. The molecule has 1 saturated heterocycles. The van der Waals surface area contributed by atoms with Crippen LogP contribution in [-0.2, 0) is 4.79 Å². The fraction of sp³-hybridized carbons (Fsp3) is 0.304. The summed E-state index contributed by atoms with van der Waals surface area (Å²) in [6.45, 7) is 6.96. The van der Waals surface area contributed by atoms with Crippen LogP contribution >= 0.6 is 0 Å². The van der Waals surface area contributed by atoms with Gasteiger partial charge in [-0.3, -0.25) is 4.79 Å². The Balaban J connectivity index is 1.65. The van der Waals surface area contributed by atoms with E-state index >= 15 is 0 Å². The van der Waals surface area contributed by atoms with E-state index in [1.54, 1.807) is 13.3 Å². The number of hydrogen-bond donors (Lipinski definition) is 1. The van der Waals surface area contributed by atoms with E-state index in [4.69, 9.17) is 4.74 Å². The maximum absolute atomic E-state index is 12.6. The predicted octanol–water partition coefficient (Wildman–Crippen LogP) is 3.48. The predicted molar refractivity (Wildman–Crippen MR) is 115 cm³/mol. The summed E-state index contributed by atoms with van der Waals surface area (Å²) in [7, 11) is 1.67. The molecule has 0 unspecified atom stereocenters. The van der Waals surface area contributed by atoms with E-state index in [1.165, 1.54) is 0 Å². The lowest BCUT2D eigenvalue weighted by atomic mass is 10.1. The van der Waals surface area contributed by atoms with Gasteiger partial charge in [-0.05, 0) is 37.6 Å². The van der Waals surface area contributed by atoms with E-state index in [0.29, 0.717) is 0 Å². The Morgan fingerprint density at radius 2 is 1.86 bits per heavy atom. The number of aryl methyl sites for hydroxylation is 2. The molecule has 6 heteroatoms. The first-order chi connectivity index (χ1) is 14.0.